The van der Waals surface area contributed by atoms with Crippen molar-refractivity contribution < 1.29 is 13.2 Å². The van der Waals surface area contributed by atoms with Crippen LogP contribution in [0.15, 0.2) is 47.4 Å². The van der Waals surface area contributed by atoms with Crippen LogP contribution in [0.3, 0.4) is 0 Å². The molecule has 1 saturated carbocycles. The first-order chi connectivity index (χ1) is 13.4. The standard InChI is InChI=1S/C22H26N2O3S/c1-24(15-16-6-8-18(9-7-16)22(25)23-20-11-12-20)28(26,27)21-13-10-17-4-2-3-5-19(17)14-21/h6-10,13-14,20H,2-5,11-12,15H2,1H3,(H,23,25). The van der Waals surface area contributed by atoms with E-state index in [1.54, 1.807) is 25.2 Å². The summed E-state index contributed by atoms with van der Waals surface area (Å²) in [6, 6.07) is 13.0. The first-order valence-corrected chi connectivity index (χ1v) is 11.4. The zero-order chi connectivity index (χ0) is 19.7. The summed E-state index contributed by atoms with van der Waals surface area (Å²) in [6.45, 7) is 0.268. The third-order valence-corrected chi connectivity index (χ3v) is 7.36. The highest BCUT2D eigenvalue weighted by molar-refractivity contribution is 7.89. The molecule has 1 N–H and O–H groups in total. The molecule has 1 fully saturated rings. The third-order valence-electron chi connectivity index (χ3n) is 5.56. The number of aryl methyl sites for hydroxylation is 2. The zero-order valence-electron chi connectivity index (χ0n) is 16.1. The molecule has 2 aliphatic carbocycles. The van der Waals surface area contributed by atoms with Gasteiger partial charge in [-0.3, -0.25) is 4.79 Å². The Labute approximate surface area is 166 Å². The average Bonchev–Trinajstić information content (AvgIpc) is 3.52. The number of nitrogens with zero attached hydrogens (tertiary/aromatic N) is 1. The van der Waals surface area contributed by atoms with Gasteiger partial charge in [-0.1, -0.05) is 18.2 Å². The van der Waals surface area contributed by atoms with Crippen LogP contribution in [0.4, 0.5) is 0 Å². The van der Waals surface area contributed by atoms with E-state index in [1.165, 1.54) is 16.3 Å². The van der Waals surface area contributed by atoms with Gasteiger partial charge in [0.1, 0.15) is 0 Å². The summed E-state index contributed by atoms with van der Waals surface area (Å²) in [6.07, 6.45) is 6.38. The Hall–Kier alpha value is -2.18. The highest BCUT2D eigenvalue weighted by Gasteiger charge is 2.24. The van der Waals surface area contributed by atoms with Gasteiger partial charge in [-0.05, 0) is 79.5 Å². The summed E-state index contributed by atoms with van der Waals surface area (Å²) in [5.74, 6) is -0.0657. The van der Waals surface area contributed by atoms with Crippen molar-refractivity contribution in [3.05, 3.63) is 64.7 Å². The van der Waals surface area contributed by atoms with Gasteiger partial charge >= 0.3 is 0 Å². The summed E-state index contributed by atoms with van der Waals surface area (Å²) in [4.78, 5) is 12.4. The van der Waals surface area contributed by atoms with Crippen molar-refractivity contribution in [3.8, 4) is 0 Å². The molecule has 2 aliphatic rings. The molecular weight excluding hydrogens is 372 g/mol. The van der Waals surface area contributed by atoms with E-state index in [9.17, 15) is 13.2 Å². The van der Waals surface area contributed by atoms with Crippen LogP contribution in [0.1, 0.15) is 52.7 Å². The fraction of sp³-hybridized carbons (Fsp3) is 0.409. The van der Waals surface area contributed by atoms with Gasteiger partial charge in [-0.2, -0.15) is 4.31 Å². The van der Waals surface area contributed by atoms with Crippen LogP contribution in [-0.2, 0) is 29.4 Å². The first kappa shape index (κ1) is 19.2. The van der Waals surface area contributed by atoms with Gasteiger partial charge in [0.2, 0.25) is 10.0 Å². The van der Waals surface area contributed by atoms with Gasteiger partial charge in [0.15, 0.2) is 0 Å². The Morgan fingerprint density at radius 3 is 2.39 bits per heavy atom. The molecule has 0 radical (unpaired) electrons. The number of nitrogens with one attached hydrogen (secondary N) is 1. The van der Waals surface area contributed by atoms with Gasteiger partial charge in [0.05, 0.1) is 4.90 Å². The summed E-state index contributed by atoms with van der Waals surface area (Å²) in [5, 5.41) is 2.96. The number of hydrogen-bond donors (Lipinski definition) is 1. The second-order valence-electron chi connectivity index (χ2n) is 7.84. The Bertz CT molecular complexity index is 979. The molecule has 0 spiro atoms. The minimum Gasteiger partial charge on any atom is -0.349 e. The molecule has 0 aromatic heterocycles. The van der Waals surface area contributed by atoms with Crippen molar-refractivity contribution in [1.82, 2.24) is 9.62 Å². The van der Waals surface area contributed by atoms with Crippen molar-refractivity contribution in [2.45, 2.75) is 56.0 Å². The van der Waals surface area contributed by atoms with Gasteiger partial charge < -0.3 is 5.32 Å². The van der Waals surface area contributed by atoms with E-state index < -0.39 is 10.0 Å². The largest absolute Gasteiger partial charge is 0.349 e. The molecule has 0 atom stereocenters. The molecule has 2 aromatic carbocycles. The number of carbonyl (C=O) groups is 1. The Balaban J connectivity index is 1.46. The van der Waals surface area contributed by atoms with Crippen molar-refractivity contribution in [2.75, 3.05) is 7.05 Å². The molecule has 28 heavy (non-hydrogen) atoms. The quantitative estimate of drug-likeness (QED) is 0.812. The van der Waals surface area contributed by atoms with E-state index in [1.807, 2.05) is 24.3 Å². The maximum Gasteiger partial charge on any atom is 0.251 e. The molecular formula is C22H26N2O3S. The van der Waals surface area contributed by atoms with Gasteiger partial charge in [0, 0.05) is 25.2 Å². The van der Waals surface area contributed by atoms with E-state index >= 15 is 0 Å². The molecule has 1 amide bonds. The molecule has 148 valence electrons. The summed E-state index contributed by atoms with van der Waals surface area (Å²) in [5.41, 5.74) is 3.89. The molecule has 0 heterocycles. The van der Waals surface area contributed by atoms with Crippen LogP contribution in [0, 0.1) is 0 Å². The highest BCUT2D eigenvalue weighted by Crippen LogP contribution is 2.26. The van der Waals surface area contributed by atoms with Crippen molar-refractivity contribution in [1.29, 1.82) is 0 Å². The first-order valence-electron chi connectivity index (χ1n) is 9.91. The summed E-state index contributed by atoms with van der Waals surface area (Å²) < 4.78 is 27.3. The van der Waals surface area contributed by atoms with Crippen molar-refractivity contribution in [3.63, 3.8) is 0 Å². The normalized spacial score (nSPS) is 16.6. The zero-order valence-corrected chi connectivity index (χ0v) is 17.0. The van der Waals surface area contributed by atoms with Crippen LogP contribution in [-0.4, -0.2) is 31.7 Å². The van der Waals surface area contributed by atoms with Gasteiger partial charge in [-0.15, -0.1) is 0 Å². The third kappa shape index (κ3) is 4.13. The molecule has 4 rings (SSSR count). The lowest BCUT2D eigenvalue weighted by molar-refractivity contribution is 0.0951. The molecule has 0 aliphatic heterocycles. The fourth-order valence-electron chi connectivity index (χ4n) is 3.65. The van der Waals surface area contributed by atoms with Gasteiger partial charge in [0.25, 0.3) is 5.91 Å². The Morgan fingerprint density at radius 2 is 1.71 bits per heavy atom. The number of sulfonamides is 1. The average molecular weight is 399 g/mol. The Morgan fingerprint density at radius 1 is 1.04 bits per heavy atom. The minimum absolute atomic E-state index is 0.0657. The van der Waals surface area contributed by atoms with E-state index in [0.29, 0.717) is 16.5 Å². The van der Waals surface area contributed by atoms with Crippen molar-refractivity contribution in [2.24, 2.45) is 0 Å². The van der Waals surface area contributed by atoms with Crippen molar-refractivity contribution >= 4 is 15.9 Å². The monoisotopic (exact) mass is 398 g/mol. The minimum atomic E-state index is -3.55. The lowest BCUT2D eigenvalue weighted by Gasteiger charge is -2.20. The molecule has 0 saturated heterocycles. The smallest absolute Gasteiger partial charge is 0.251 e. The number of benzene rings is 2. The Kier molecular flexibility index (Phi) is 5.25. The molecule has 6 heteroatoms. The molecule has 2 aromatic rings. The number of rotatable bonds is 6. The lowest BCUT2D eigenvalue weighted by Crippen LogP contribution is -2.27. The van der Waals surface area contributed by atoms with Crippen LogP contribution < -0.4 is 5.32 Å². The van der Waals surface area contributed by atoms with E-state index in [0.717, 1.165) is 43.2 Å². The van der Waals surface area contributed by atoms with Crippen LogP contribution in [0.5, 0.6) is 0 Å². The van der Waals surface area contributed by atoms with Gasteiger partial charge in [-0.25, -0.2) is 8.42 Å². The predicted molar refractivity (Wildman–Crippen MR) is 109 cm³/mol. The summed E-state index contributed by atoms with van der Waals surface area (Å²) >= 11 is 0. The highest BCUT2D eigenvalue weighted by atomic mass is 32.2. The van der Waals surface area contributed by atoms with E-state index in [-0.39, 0.29) is 12.5 Å². The predicted octanol–water partition coefficient (Wildman–Crippen LogP) is 3.28. The topological polar surface area (TPSA) is 66.5 Å². The lowest BCUT2D eigenvalue weighted by atomic mass is 9.92. The number of fused-ring (bicyclic) bond motifs is 1. The fourth-order valence-corrected chi connectivity index (χ4v) is 4.86. The second-order valence-corrected chi connectivity index (χ2v) is 9.89. The number of carbonyl (C=O) groups excluding carboxylic acids is 1. The number of amides is 1. The second kappa shape index (κ2) is 7.68. The maximum absolute atomic E-state index is 13.0. The maximum atomic E-state index is 13.0. The molecule has 0 bridgehead atoms. The molecule has 5 nitrogen and oxygen atoms in total. The van der Waals surface area contributed by atoms with Crippen LogP contribution >= 0.6 is 0 Å². The molecule has 0 unspecified atom stereocenters. The number of hydrogen-bond acceptors (Lipinski definition) is 3. The van der Waals surface area contributed by atoms with E-state index in [4.69, 9.17) is 0 Å². The van der Waals surface area contributed by atoms with Crippen LogP contribution in [0.2, 0.25) is 0 Å². The van der Waals surface area contributed by atoms with Crippen LogP contribution in [0.25, 0.3) is 0 Å². The summed E-state index contributed by atoms with van der Waals surface area (Å²) in [7, 11) is -1.95. The SMILES string of the molecule is CN(Cc1ccc(C(=O)NC2CC2)cc1)S(=O)(=O)c1ccc2c(c1)CCCC2. The van der Waals surface area contributed by atoms with E-state index in [2.05, 4.69) is 5.32 Å².